The van der Waals surface area contributed by atoms with Gasteiger partial charge >= 0.3 is 0 Å². The maximum atomic E-state index is 6.11. The van der Waals surface area contributed by atoms with E-state index >= 15 is 0 Å². The van der Waals surface area contributed by atoms with Crippen molar-refractivity contribution in [2.45, 2.75) is 18.8 Å². The fourth-order valence-electron chi connectivity index (χ4n) is 1.60. The molecule has 90 valence electrons. The van der Waals surface area contributed by atoms with E-state index in [1.54, 1.807) is 7.11 Å². The molecule has 0 aliphatic carbocycles. The lowest BCUT2D eigenvalue weighted by atomic mass is 10.1. The van der Waals surface area contributed by atoms with Crippen molar-refractivity contribution in [1.82, 2.24) is 0 Å². The maximum absolute atomic E-state index is 6.11. The molecule has 0 saturated carbocycles. The van der Waals surface area contributed by atoms with Gasteiger partial charge in [0.05, 0.1) is 12.5 Å². The summed E-state index contributed by atoms with van der Waals surface area (Å²) >= 11 is 12.0. The van der Waals surface area contributed by atoms with Gasteiger partial charge in [-0.25, -0.2) is 0 Å². The van der Waals surface area contributed by atoms with E-state index in [2.05, 4.69) is 11.8 Å². The third-order valence-corrected chi connectivity index (χ3v) is 3.30. The zero-order chi connectivity index (χ0) is 12.1. The van der Waals surface area contributed by atoms with Crippen LogP contribution < -0.4 is 4.90 Å². The average Bonchev–Trinajstić information content (AvgIpc) is 2.28. The minimum Gasteiger partial charge on any atom is -0.383 e. The Morgan fingerprint density at radius 3 is 2.69 bits per heavy atom. The number of anilines is 1. The molecule has 0 bridgehead atoms. The fraction of sp³-hybridized carbons (Fsp3) is 0.500. The lowest BCUT2D eigenvalue weighted by Crippen LogP contribution is -2.33. The molecular formula is C12H17Cl2NO. The Labute approximate surface area is 107 Å². The molecule has 1 atom stereocenters. The molecule has 4 heteroatoms. The summed E-state index contributed by atoms with van der Waals surface area (Å²) in [5, 5.41) is 0.712. The molecule has 0 radical (unpaired) electrons. The summed E-state index contributed by atoms with van der Waals surface area (Å²) in [6.45, 7) is 2.77. The van der Waals surface area contributed by atoms with Crippen LogP contribution >= 0.6 is 23.2 Å². The van der Waals surface area contributed by atoms with E-state index in [0.29, 0.717) is 17.5 Å². The second-order valence-electron chi connectivity index (χ2n) is 3.79. The van der Waals surface area contributed by atoms with Crippen LogP contribution in [0.15, 0.2) is 18.2 Å². The first-order chi connectivity index (χ1) is 7.61. The van der Waals surface area contributed by atoms with Crippen LogP contribution in [0.1, 0.15) is 12.5 Å². The first kappa shape index (κ1) is 13.6. The summed E-state index contributed by atoms with van der Waals surface area (Å²) in [4.78, 5) is 2.13. The second-order valence-corrected chi connectivity index (χ2v) is 4.46. The predicted molar refractivity (Wildman–Crippen MR) is 70.8 cm³/mol. The standard InChI is InChI=1S/C12H17Cl2NO/c1-9(8-16-3)15(2)12-6-4-5-11(14)10(12)7-13/h4-6,9H,7-8H2,1-3H3. The van der Waals surface area contributed by atoms with Gasteiger partial charge in [-0.1, -0.05) is 17.7 Å². The topological polar surface area (TPSA) is 12.5 Å². The van der Waals surface area contributed by atoms with Gasteiger partial charge in [0.25, 0.3) is 0 Å². The Morgan fingerprint density at radius 1 is 1.44 bits per heavy atom. The largest absolute Gasteiger partial charge is 0.383 e. The van der Waals surface area contributed by atoms with Crippen LogP contribution in [0.3, 0.4) is 0 Å². The Bertz CT molecular complexity index is 344. The van der Waals surface area contributed by atoms with Gasteiger partial charge in [0.1, 0.15) is 0 Å². The van der Waals surface area contributed by atoms with Gasteiger partial charge in [-0.3, -0.25) is 0 Å². The van der Waals surface area contributed by atoms with E-state index < -0.39 is 0 Å². The molecule has 0 aliphatic rings. The quantitative estimate of drug-likeness (QED) is 0.752. The fourth-order valence-corrected chi connectivity index (χ4v) is 2.19. The predicted octanol–water partition coefficient (Wildman–Crippen LogP) is 3.55. The molecule has 0 spiro atoms. The molecule has 1 aromatic rings. The molecule has 0 fully saturated rings. The highest BCUT2D eigenvalue weighted by Crippen LogP contribution is 2.29. The number of hydrogen-bond acceptors (Lipinski definition) is 2. The lowest BCUT2D eigenvalue weighted by molar-refractivity contribution is 0.183. The SMILES string of the molecule is COCC(C)N(C)c1cccc(Cl)c1CCl. The average molecular weight is 262 g/mol. The second kappa shape index (κ2) is 6.33. The minimum absolute atomic E-state index is 0.283. The first-order valence-corrected chi connectivity index (χ1v) is 6.08. The monoisotopic (exact) mass is 261 g/mol. The summed E-state index contributed by atoms with van der Waals surface area (Å²) < 4.78 is 5.14. The summed E-state index contributed by atoms with van der Waals surface area (Å²) in [5.41, 5.74) is 2.03. The van der Waals surface area contributed by atoms with Crippen molar-refractivity contribution in [3.05, 3.63) is 28.8 Å². The van der Waals surface area contributed by atoms with Gasteiger partial charge in [0.15, 0.2) is 0 Å². The zero-order valence-electron chi connectivity index (χ0n) is 9.84. The summed E-state index contributed by atoms with van der Waals surface area (Å²) in [6.07, 6.45) is 0. The molecule has 0 aromatic heterocycles. The molecule has 0 amide bonds. The molecular weight excluding hydrogens is 245 g/mol. The molecule has 0 saturated heterocycles. The van der Waals surface area contributed by atoms with Crippen LogP contribution in [0, 0.1) is 0 Å². The van der Waals surface area contributed by atoms with Crippen LogP contribution in [-0.4, -0.2) is 26.8 Å². The molecule has 0 N–H and O–H groups in total. The molecule has 2 nitrogen and oxygen atoms in total. The number of ether oxygens (including phenoxy) is 1. The van der Waals surface area contributed by atoms with Crippen molar-refractivity contribution in [3.63, 3.8) is 0 Å². The van der Waals surface area contributed by atoms with Gasteiger partial charge in [-0.05, 0) is 19.1 Å². The van der Waals surface area contributed by atoms with Crippen molar-refractivity contribution < 1.29 is 4.74 Å². The molecule has 0 aliphatic heterocycles. The Hall–Kier alpha value is -0.440. The molecule has 0 heterocycles. The highest BCUT2D eigenvalue weighted by atomic mass is 35.5. The number of rotatable bonds is 5. The Balaban J connectivity index is 2.98. The normalized spacial score (nSPS) is 12.6. The number of nitrogens with zero attached hydrogens (tertiary/aromatic N) is 1. The molecule has 1 aromatic carbocycles. The third-order valence-electron chi connectivity index (χ3n) is 2.68. The van der Waals surface area contributed by atoms with Gasteiger partial charge in [0, 0.05) is 36.5 Å². The zero-order valence-corrected chi connectivity index (χ0v) is 11.3. The van der Waals surface area contributed by atoms with Crippen LogP contribution in [0.5, 0.6) is 0 Å². The first-order valence-electron chi connectivity index (χ1n) is 5.17. The van der Waals surface area contributed by atoms with Crippen molar-refractivity contribution >= 4 is 28.9 Å². The number of likely N-dealkylation sites (N-methyl/N-ethyl adjacent to an activating group) is 1. The van der Waals surface area contributed by atoms with E-state index in [1.165, 1.54) is 0 Å². The van der Waals surface area contributed by atoms with E-state index in [4.69, 9.17) is 27.9 Å². The van der Waals surface area contributed by atoms with E-state index in [1.807, 2.05) is 25.2 Å². The van der Waals surface area contributed by atoms with E-state index in [-0.39, 0.29) is 6.04 Å². The molecule has 1 unspecified atom stereocenters. The smallest absolute Gasteiger partial charge is 0.0663 e. The van der Waals surface area contributed by atoms with Crippen LogP contribution in [0.25, 0.3) is 0 Å². The maximum Gasteiger partial charge on any atom is 0.0663 e. The van der Waals surface area contributed by atoms with Gasteiger partial charge in [0.2, 0.25) is 0 Å². The number of benzene rings is 1. The van der Waals surface area contributed by atoms with Crippen molar-refractivity contribution in [2.75, 3.05) is 25.7 Å². The van der Waals surface area contributed by atoms with Gasteiger partial charge in [-0.2, -0.15) is 0 Å². The number of methoxy groups -OCH3 is 1. The summed E-state index contributed by atoms with van der Waals surface area (Å²) in [7, 11) is 3.72. The number of hydrogen-bond donors (Lipinski definition) is 0. The third kappa shape index (κ3) is 3.03. The summed E-state index contributed by atoms with van der Waals surface area (Å²) in [6, 6.07) is 6.10. The Morgan fingerprint density at radius 2 is 2.12 bits per heavy atom. The van der Waals surface area contributed by atoms with Crippen LogP contribution in [0.2, 0.25) is 5.02 Å². The molecule has 1 rings (SSSR count). The van der Waals surface area contributed by atoms with Gasteiger partial charge in [-0.15, -0.1) is 11.6 Å². The highest BCUT2D eigenvalue weighted by Gasteiger charge is 2.14. The number of alkyl halides is 1. The number of halogens is 2. The van der Waals surface area contributed by atoms with E-state index in [9.17, 15) is 0 Å². The van der Waals surface area contributed by atoms with E-state index in [0.717, 1.165) is 11.3 Å². The molecule has 16 heavy (non-hydrogen) atoms. The van der Waals surface area contributed by atoms with Crippen LogP contribution in [-0.2, 0) is 10.6 Å². The van der Waals surface area contributed by atoms with Gasteiger partial charge < -0.3 is 9.64 Å². The lowest BCUT2D eigenvalue weighted by Gasteiger charge is -2.28. The Kier molecular flexibility index (Phi) is 5.39. The van der Waals surface area contributed by atoms with Crippen LogP contribution in [0.4, 0.5) is 5.69 Å². The highest BCUT2D eigenvalue weighted by molar-refractivity contribution is 6.32. The van der Waals surface area contributed by atoms with Crippen molar-refractivity contribution in [3.8, 4) is 0 Å². The van der Waals surface area contributed by atoms with Crippen molar-refractivity contribution in [2.24, 2.45) is 0 Å². The summed E-state index contributed by atoms with van der Waals surface area (Å²) in [5.74, 6) is 0.416. The minimum atomic E-state index is 0.283. The van der Waals surface area contributed by atoms with Crippen molar-refractivity contribution in [1.29, 1.82) is 0 Å².